The van der Waals surface area contributed by atoms with Crippen molar-refractivity contribution in [3.8, 4) is 5.75 Å². The molecule has 4 N–H and O–H groups in total. The van der Waals surface area contributed by atoms with E-state index in [1.54, 1.807) is 0 Å². The molecule has 1 rings (SSSR count). The van der Waals surface area contributed by atoms with Gasteiger partial charge in [0.25, 0.3) is 0 Å². The number of benzene rings is 1. The van der Waals surface area contributed by atoms with Gasteiger partial charge in [0, 0.05) is 19.5 Å². The van der Waals surface area contributed by atoms with Crippen LogP contribution in [-0.2, 0) is 11.0 Å². The van der Waals surface area contributed by atoms with Gasteiger partial charge in [-0.05, 0) is 24.6 Å². The molecule has 0 aromatic heterocycles. The van der Waals surface area contributed by atoms with E-state index in [2.05, 4.69) is 10.6 Å². The van der Waals surface area contributed by atoms with Crippen LogP contribution in [0.25, 0.3) is 0 Å². The van der Waals surface area contributed by atoms with Crippen LogP contribution in [0, 0.1) is 0 Å². The highest BCUT2D eigenvalue weighted by atomic mass is 19.4. The van der Waals surface area contributed by atoms with Crippen molar-refractivity contribution in [3.05, 3.63) is 29.8 Å². The van der Waals surface area contributed by atoms with Crippen LogP contribution in [0.1, 0.15) is 18.4 Å². The highest BCUT2D eigenvalue weighted by molar-refractivity contribution is 5.73. The summed E-state index contributed by atoms with van der Waals surface area (Å²) in [5.41, 5.74) is -0.863. The standard InChI is InChI=1S/C15H19F3N2O5/c16-15(17,18)10-3-1-4-12(7-10)25-9-11(21)8-20-14(24)19-6-2-5-13(22)23/h1,3-4,7,11,21H,2,5-6,8-9H2,(H,22,23)(H2,19,20,24). The lowest BCUT2D eigenvalue weighted by Gasteiger charge is -2.14. The van der Waals surface area contributed by atoms with Crippen LogP contribution in [0.2, 0.25) is 0 Å². The second-order valence-electron chi connectivity index (χ2n) is 5.12. The van der Waals surface area contributed by atoms with E-state index < -0.39 is 29.8 Å². The molecule has 7 nitrogen and oxygen atoms in total. The zero-order chi connectivity index (χ0) is 18.9. The van der Waals surface area contributed by atoms with E-state index in [9.17, 15) is 27.9 Å². The van der Waals surface area contributed by atoms with Crippen molar-refractivity contribution in [1.82, 2.24) is 10.6 Å². The first-order chi connectivity index (χ1) is 11.7. The Morgan fingerprint density at radius 1 is 1.24 bits per heavy atom. The summed E-state index contributed by atoms with van der Waals surface area (Å²) in [7, 11) is 0. The summed E-state index contributed by atoms with van der Waals surface area (Å²) in [4.78, 5) is 21.7. The highest BCUT2D eigenvalue weighted by Gasteiger charge is 2.30. The molecule has 0 heterocycles. The molecule has 25 heavy (non-hydrogen) atoms. The van der Waals surface area contributed by atoms with Crippen LogP contribution in [-0.4, -0.2) is 48.0 Å². The molecule has 0 aliphatic rings. The molecule has 0 radical (unpaired) electrons. The number of amides is 2. The van der Waals surface area contributed by atoms with Crippen LogP contribution in [0.3, 0.4) is 0 Å². The van der Waals surface area contributed by atoms with E-state index in [0.717, 1.165) is 12.1 Å². The minimum Gasteiger partial charge on any atom is -0.491 e. The number of nitrogens with one attached hydrogen (secondary N) is 2. The summed E-state index contributed by atoms with van der Waals surface area (Å²) in [6, 6.07) is 3.63. The van der Waals surface area contributed by atoms with Gasteiger partial charge in [0.15, 0.2) is 0 Å². The van der Waals surface area contributed by atoms with Gasteiger partial charge < -0.3 is 25.6 Å². The maximum absolute atomic E-state index is 12.6. The number of carbonyl (C=O) groups excluding carboxylic acids is 1. The highest BCUT2D eigenvalue weighted by Crippen LogP contribution is 2.31. The molecular weight excluding hydrogens is 345 g/mol. The van der Waals surface area contributed by atoms with Crippen molar-refractivity contribution in [2.24, 2.45) is 0 Å². The maximum atomic E-state index is 12.6. The summed E-state index contributed by atoms with van der Waals surface area (Å²) in [5.74, 6) is -1.02. The van der Waals surface area contributed by atoms with Crippen LogP contribution in [0.15, 0.2) is 24.3 Å². The minimum atomic E-state index is -4.49. The zero-order valence-corrected chi connectivity index (χ0v) is 13.2. The average molecular weight is 364 g/mol. The Hall–Kier alpha value is -2.49. The lowest BCUT2D eigenvalue weighted by Crippen LogP contribution is -2.41. The third-order valence-corrected chi connectivity index (χ3v) is 2.95. The fourth-order valence-corrected chi connectivity index (χ4v) is 1.73. The Balaban J connectivity index is 2.27. The molecule has 1 aromatic rings. The number of hydrogen-bond donors (Lipinski definition) is 4. The van der Waals surface area contributed by atoms with Crippen LogP contribution in [0.5, 0.6) is 5.75 Å². The maximum Gasteiger partial charge on any atom is 0.416 e. The molecule has 0 saturated carbocycles. The van der Waals surface area contributed by atoms with Crippen molar-refractivity contribution >= 4 is 12.0 Å². The first-order valence-electron chi connectivity index (χ1n) is 7.40. The minimum absolute atomic E-state index is 0.0491. The molecule has 0 aliphatic carbocycles. The topological polar surface area (TPSA) is 108 Å². The number of hydrogen-bond acceptors (Lipinski definition) is 4. The number of carboxylic acids is 1. The molecule has 10 heteroatoms. The van der Waals surface area contributed by atoms with Crippen molar-refractivity contribution in [2.45, 2.75) is 25.1 Å². The molecule has 1 aromatic carbocycles. The number of carbonyl (C=O) groups is 2. The van der Waals surface area contributed by atoms with Crippen LogP contribution in [0.4, 0.5) is 18.0 Å². The van der Waals surface area contributed by atoms with Gasteiger partial charge in [0.2, 0.25) is 0 Å². The van der Waals surface area contributed by atoms with Crippen LogP contribution >= 0.6 is 0 Å². The van der Waals surface area contributed by atoms with Gasteiger partial charge in [-0.25, -0.2) is 4.79 Å². The quantitative estimate of drug-likeness (QED) is 0.498. The van der Waals surface area contributed by atoms with Gasteiger partial charge in [0.1, 0.15) is 18.5 Å². The van der Waals surface area contributed by atoms with E-state index >= 15 is 0 Å². The molecule has 0 fully saturated rings. The second-order valence-corrected chi connectivity index (χ2v) is 5.12. The number of urea groups is 1. The van der Waals surface area contributed by atoms with Gasteiger partial charge in [-0.2, -0.15) is 13.2 Å². The summed E-state index contributed by atoms with van der Waals surface area (Å²) in [6.45, 7) is -0.320. The first-order valence-corrected chi connectivity index (χ1v) is 7.40. The summed E-state index contributed by atoms with van der Waals surface area (Å²) < 4.78 is 42.7. The fraction of sp³-hybridized carbons (Fsp3) is 0.467. The number of alkyl halides is 3. The average Bonchev–Trinajstić information content (AvgIpc) is 2.54. The van der Waals surface area contributed by atoms with Gasteiger partial charge in [-0.3, -0.25) is 4.79 Å². The van der Waals surface area contributed by atoms with E-state index in [-0.39, 0.29) is 38.3 Å². The summed E-state index contributed by atoms with van der Waals surface area (Å²) in [6.07, 6.45) is -5.42. The lowest BCUT2D eigenvalue weighted by atomic mass is 10.2. The van der Waals surface area contributed by atoms with Gasteiger partial charge in [-0.15, -0.1) is 0 Å². The lowest BCUT2D eigenvalue weighted by molar-refractivity contribution is -0.138. The predicted octanol–water partition coefficient (Wildman–Crippen LogP) is 1.61. The molecule has 0 bridgehead atoms. The monoisotopic (exact) mass is 364 g/mol. The van der Waals surface area contributed by atoms with Crippen molar-refractivity contribution in [3.63, 3.8) is 0 Å². The molecule has 0 aliphatic heterocycles. The van der Waals surface area contributed by atoms with Gasteiger partial charge in [-0.1, -0.05) is 6.07 Å². The smallest absolute Gasteiger partial charge is 0.416 e. The normalized spacial score (nSPS) is 12.3. The van der Waals surface area contributed by atoms with Crippen molar-refractivity contribution < 1.29 is 37.7 Å². The van der Waals surface area contributed by atoms with E-state index in [0.29, 0.717) is 0 Å². The molecule has 2 amide bonds. The zero-order valence-electron chi connectivity index (χ0n) is 13.2. The molecule has 140 valence electrons. The largest absolute Gasteiger partial charge is 0.491 e. The molecule has 0 saturated heterocycles. The van der Waals surface area contributed by atoms with Gasteiger partial charge >= 0.3 is 18.2 Å². The predicted molar refractivity (Wildman–Crippen MR) is 81.2 cm³/mol. The van der Waals surface area contributed by atoms with E-state index in [1.807, 2.05) is 0 Å². The van der Waals surface area contributed by atoms with E-state index in [4.69, 9.17) is 9.84 Å². The van der Waals surface area contributed by atoms with E-state index in [1.165, 1.54) is 12.1 Å². The Kier molecular flexibility index (Phi) is 7.99. The SMILES string of the molecule is O=C(O)CCCNC(=O)NCC(O)COc1cccc(C(F)(F)F)c1. The Labute approximate surface area is 141 Å². The Morgan fingerprint density at radius 3 is 2.60 bits per heavy atom. The molecular formula is C15H19F3N2O5. The van der Waals surface area contributed by atoms with Gasteiger partial charge in [0.05, 0.1) is 5.56 Å². The number of carboxylic acid groups (broad SMARTS) is 1. The number of aliphatic carboxylic acids is 1. The summed E-state index contributed by atoms with van der Waals surface area (Å²) >= 11 is 0. The number of aliphatic hydroxyl groups excluding tert-OH is 1. The fourth-order valence-electron chi connectivity index (χ4n) is 1.73. The van der Waals surface area contributed by atoms with Crippen molar-refractivity contribution in [1.29, 1.82) is 0 Å². The Bertz CT molecular complexity index is 581. The Morgan fingerprint density at radius 2 is 1.96 bits per heavy atom. The second kappa shape index (κ2) is 9.72. The number of rotatable bonds is 9. The van der Waals surface area contributed by atoms with Crippen molar-refractivity contribution in [2.75, 3.05) is 19.7 Å². The molecule has 0 spiro atoms. The number of ether oxygens (including phenoxy) is 1. The first kappa shape index (κ1) is 20.6. The van der Waals surface area contributed by atoms with Crippen LogP contribution < -0.4 is 15.4 Å². The number of halogens is 3. The molecule has 1 atom stereocenters. The number of aliphatic hydroxyl groups is 1. The third-order valence-electron chi connectivity index (χ3n) is 2.95. The summed E-state index contributed by atoms with van der Waals surface area (Å²) in [5, 5.41) is 22.8. The molecule has 1 unspecified atom stereocenters. The third kappa shape index (κ3) is 8.80.